The first kappa shape index (κ1) is 11.2. The van der Waals surface area contributed by atoms with Gasteiger partial charge in [-0.3, -0.25) is 9.59 Å². The van der Waals surface area contributed by atoms with Crippen molar-refractivity contribution in [3.63, 3.8) is 0 Å². The van der Waals surface area contributed by atoms with Crippen molar-refractivity contribution in [1.29, 1.82) is 0 Å². The lowest BCUT2D eigenvalue weighted by molar-refractivity contribution is -0.137. The normalized spacial score (nSPS) is 10.0. The number of carbonyl (C=O) groups excluding carboxylic acids is 1. The van der Waals surface area contributed by atoms with Crippen molar-refractivity contribution in [2.24, 2.45) is 0 Å². The number of aromatic nitrogens is 1. The molecule has 0 amide bonds. The molecule has 4 nitrogen and oxygen atoms in total. The summed E-state index contributed by atoms with van der Waals surface area (Å²) in [5.41, 5.74) is 2.01. The van der Waals surface area contributed by atoms with Crippen molar-refractivity contribution in [3.8, 4) is 0 Å². The highest BCUT2D eigenvalue weighted by molar-refractivity contribution is 5.96. The first-order valence-electron chi connectivity index (χ1n) is 4.52. The lowest BCUT2D eigenvalue weighted by Crippen LogP contribution is -2.09. The van der Waals surface area contributed by atoms with E-state index in [0.717, 1.165) is 5.56 Å². The number of Topliss-reactive ketones (excluding diaryl/α,β-unsaturated/α-hetero) is 1. The van der Waals surface area contributed by atoms with Crippen molar-refractivity contribution in [2.45, 2.75) is 20.4 Å². The van der Waals surface area contributed by atoms with Gasteiger partial charge in [0.15, 0.2) is 5.78 Å². The fraction of sp³-hybridized carbons (Fsp3) is 0.273. The molecule has 0 spiro atoms. The van der Waals surface area contributed by atoms with Gasteiger partial charge in [-0.15, -0.1) is 0 Å². The Balaban J connectivity index is 3.27. The molecule has 0 aliphatic rings. The molecule has 0 aromatic carbocycles. The Kier molecular flexibility index (Phi) is 3.09. The first-order chi connectivity index (χ1) is 6.97. The van der Waals surface area contributed by atoms with E-state index in [1.165, 1.54) is 11.5 Å². The lowest BCUT2D eigenvalue weighted by atomic mass is 10.1. The van der Waals surface area contributed by atoms with Gasteiger partial charge in [-0.05, 0) is 25.5 Å². The van der Waals surface area contributed by atoms with Crippen LogP contribution >= 0.6 is 0 Å². The third-order valence-corrected chi connectivity index (χ3v) is 2.26. The SMILES string of the molecule is C=Cc1c(C)c(C(C)=O)cn1CC(=O)O. The van der Waals surface area contributed by atoms with Crippen LogP contribution in [0.4, 0.5) is 0 Å². The van der Waals surface area contributed by atoms with E-state index in [1.807, 2.05) is 0 Å². The van der Waals surface area contributed by atoms with E-state index in [2.05, 4.69) is 6.58 Å². The fourth-order valence-corrected chi connectivity index (χ4v) is 1.58. The molecule has 0 saturated carbocycles. The molecule has 0 aliphatic carbocycles. The Bertz CT molecular complexity index is 429. The Morgan fingerprint density at radius 3 is 2.60 bits per heavy atom. The van der Waals surface area contributed by atoms with Crippen LogP contribution in [0.25, 0.3) is 6.08 Å². The summed E-state index contributed by atoms with van der Waals surface area (Å²) in [6.07, 6.45) is 3.12. The fourth-order valence-electron chi connectivity index (χ4n) is 1.58. The Morgan fingerprint density at radius 1 is 1.60 bits per heavy atom. The molecule has 4 heteroatoms. The highest BCUT2D eigenvalue weighted by atomic mass is 16.4. The second kappa shape index (κ2) is 4.13. The molecule has 0 radical (unpaired) electrons. The van der Waals surface area contributed by atoms with E-state index >= 15 is 0 Å². The highest BCUT2D eigenvalue weighted by Gasteiger charge is 2.14. The molecule has 0 bridgehead atoms. The van der Waals surface area contributed by atoms with E-state index in [1.54, 1.807) is 19.2 Å². The van der Waals surface area contributed by atoms with Crippen molar-refractivity contribution >= 4 is 17.8 Å². The quantitative estimate of drug-likeness (QED) is 0.765. The summed E-state index contributed by atoms with van der Waals surface area (Å²) in [7, 11) is 0. The van der Waals surface area contributed by atoms with Crippen LogP contribution in [-0.4, -0.2) is 21.4 Å². The number of aliphatic carboxylic acids is 1. The predicted molar refractivity (Wildman–Crippen MR) is 56.9 cm³/mol. The molecule has 1 heterocycles. The largest absolute Gasteiger partial charge is 0.480 e. The van der Waals surface area contributed by atoms with Gasteiger partial charge >= 0.3 is 5.97 Å². The van der Waals surface area contributed by atoms with Crippen LogP contribution in [0.15, 0.2) is 12.8 Å². The van der Waals surface area contributed by atoms with Gasteiger partial charge in [0.1, 0.15) is 6.54 Å². The van der Waals surface area contributed by atoms with E-state index in [-0.39, 0.29) is 12.3 Å². The summed E-state index contributed by atoms with van der Waals surface area (Å²) in [5.74, 6) is -1.01. The minimum absolute atomic E-state index is 0.0697. The van der Waals surface area contributed by atoms with Crippen LogP contribution < -0.4 is 0 Å². The Hall–Kier alpha value is -1.84. The van der Waals surface area contributed by atoms with E-state index in [0.29, 0.717) is 11.3 Å². The molecule has 0 fully saturated rings. The zero-order chi connectivity index (χ0) is 11.6. The van der Waals surface area contributed by atoms with Crippen molar-refractivity contribution < 1.29 is 14.7 Å². The maximum absolute atomic E-state index is 11.2. The molecule has 0 atom stereocenters. The standard InChI is InChI=1S/C11H13NO3/c1-4-10-7(2)9(8(3)13)5-12(10)6-11(14)15/h4-5H,1,6H2,2-3H3,(H,14,15). The average molecular weight is 207 g/mol. The number of nitrogens with zero attached hydrogens (tertiary/aromatic N) is 1. The second-order valence-corrected chi connectivity index (χ2v) is 3.33. The van der Waals surface area contributed by atoms with E-state index in [9.17, 15) is 9.59 Å². The summed E-state index contributed by atoms with van der Waals surface area (Å²) < 4.78 is 1.52. The molecule has 1 aromatic rings. The minimum atomic E-state index is -0.941. The average Bonchev–Trinajstić information content (AvgIpc) is 2.41. The number of carboxylic acid groups (broad SMARTS) is 1. The summed E-state index contributed by atoms with van der Waals surface area (Å²) in [6, 6.07) is 0. The summed E-state index contributed by atoms with van der Waals surface area (Å²) in [6.45, 7) is 6.69. The van der Waals surface area contributed by atoms with Crippen LogP contribution in [0.3, 0.4) is 0 Å². The maximum Gasteiger partial charge on any atom is 0.323 e. The van der Waals surface area contributed by atoms with E-state index < -0.39 is 5.97 Å². The van der Waals surface area contributed by atoms with Crippen LogP contribution in [0.1, 0.15) is 28.5 Å². The van der Waals surface area contributed by atoms with Gasteiger partial charge in [-0.1, -0.05) is 6.58 Å². The number of hydrogen-bond acceptors (Lipinski definition) is 2. The number of hydrogen-bond donors (Lipinski definition) is 1. The third-order valence-electron chi connectivity index (χ3n) is 2.26. The molecule has 1 rings (SSSR count). The first-order valence-corrected chi connectivity index (χ1v) is 4.52. The molecule has 80 valence electrons. The van der Waals surface area contributed by atoms with Gasteiger partial charge < -0.3 is 9.67 Å². The Morgan fingerprint density at radius 2 is 2.20 bits per heavy atom. The predicted octanol–water partition coefficient (Wildman–Crippen LogP) is 1.73. The number of carbonyl (C=O) groups is 2. The lowest BCUT2D eigenvalue weighted by Gasteiger charge is -2.01. The van der Waals surface area contributed by atoms with Gasteiger partial charge in [0.05, 0.1) is 0 Å². The molecular formula is C11H13NO3. The summed E-state index contributed by atoms with van der Waals surface area (Å²) in [5, 5.41) is 8.69. The van der Waals surface area contributed by atoms with Crippen LogP contribution in [-0.2, 0) is 11.3 Å². The Labute approximate surface area is 87.8 Å². The molecular weight excluding hydrogens is 194 g/mol. The third kappa shape index (κ3) is 2.15. The highest BCUT2D eigenvalue weighted by Crippen LogP contribution is 2.18. The molecule has 1 aromatic heterocycles. The smallest absolute Gasteiger partial charge is 0.323 e. The topological polar surface area (TPSA) is 59.3 Å². The van der Waals surface area contributed by atoms with Crippen LogP contribution in [0.5, 0.6) is 0 Å². The zero-order valence-corrected chi connectivity index (χ0v) is 8.78. The monoisotopic (exact) mass is 207 g/mol. The van der Waals surface area contributed by atoms with Gasteiger partial charge in [0.25, 0.3) is 0 Å². The summed E-state index contributed by atoms with van der Waals surface area (Å²) in [4.78, 5) is 21.8. The maximum atomic E-state index is 11.2. The summed E-state index contributed by atoms with van der Waals surface area (Å²) >= 11 is 0. The zero-order valence-electron chi connectivity index (χ0n) is 8.78. The van der Waals surface area contributed by atoms with Crippen molar-refractivity contribution in [3.05, 3.63) is 29.6 Å². The number of ketones is 1. The molecule has 1 N–H and O–H groups in total. The van der Waals surface area contributed by atoms with E-state index in [4.69, 9.17) is 5.11 Å². The molecule has 0 aliphatic heterocycles. The van der Waals surface area contributed by atoms with Gasteiger partial charge in [-0.2, -0.15) is 0 Å². The van der Waals surface area contributed by atoms with Crippen LogP contribution in [0.2, 0.25) is 0 Å². The van der Waals surface area contributed by atoms with Gasteiger partial charge in [-0.25, -0.2) is 0 Å². The minimum Gasteiger partial charge on any atom is -0.480 e. The second-order valence-electron chi connectivity index (χ2n) is 3.33. The number of carboxylic acids is 1. The molecule has 0 unspecified atom stereocenters. The molecule has 0 saturated heterocycles. The van der Waals surface area contributed by atoms with Crippen molar-refractivity contribution in [2.75, 3.05) is 0 Å². The van der Waals surface area contributed by atoms with Gasteiger partial charge in [0.2, 0.25) is 0 Å². The molecule has 15 heavy (non-hydrogen) atoms. The van der Waals surface area contributed by atoms with Crippen LogP contribution in [0, 0.1) is 6.92 Å². The number of rotatable bonds is 4. The van der Waals surface area contributed by atoms with Gasteiger partial charge in [0, 0.05) is 17.5 Å². The van der Waals surface area contributed by atoms with Crippen molar-refractivity contribution in [1.82, 2.24) is 4.57 Å².